The second-order valence-electron chi connectivity index (χ2n) is 7.03. The average molecular weight is 370 g/mol. The van der Waals surface area contributed by atoms with E-state index in [1.165, 1.54) is 17.7 Å². The number of ether oxygens (including phenoxy) is 1. The second-order valence-corrected chi connectivity index (χ2v) is 7.03. The van der Waals surface area contributed by atoms with Crippen molar-refractivity contribution < 1.29 is 13.9 Å². The van der Waals surface area contributed by atoms with Gasteiger partial charge in [-0.2, -0.15) is 0 Å². The van der Waals surface area contributed by atoms with Gasteiger partial charge in [0, 0.05) is 13.1 Å². The second kappa shape index (κ2) is 9.11. The van der Waals surface area contributed by atoms with Gasteiger partial charge in [-0.25, -0.2) is 4.39 Å². The molecular weight excluding hydrogens is 343 g/mol. The summed E-state index contributed by atoms with van der Waals surface area (Å²) in [7, 11) is 0. The van der Waals surface area contributed by atoms with Gasteiger partial charge in [0.05, 0.1) is 25.3 Å². The average Bonchev–Trinajstić information content (AvgIpc) is 2.68. The summed E-state index contributed by atoms with van der Waals surface area (Å²) in [6.45, 7) is 6.23. The first-order chi connectivity index (χ1) is 13.0. The molecule has 1 fully saturated rings. The molecule has 27 heavy (non-hydrogen) atoms. The zero-order chi connectivity index (χ0) is 19.2. The van der Waals surface area contributed by atoms with Crippen LogP contribution in [0.4, 0.5) is 4.39 Å². The van der Waals surface area contributed by atoms with Gasteiger partial charge >= 0.3 is 0 Å². The number of morpholine rings is 1. The summed E-state index contributed by atoms with van der Waals surface area (Å²) in [5.41, 5.74) is 3.19. The molecule has 2 unspecified atom stereocenters. The molecule has 144 valence electrons. The van der Waals surface area contributed by atoms with E-state index in [-0.39, 0.29) is 23.9 Å². The molecule has 0 radical (unpaired) electrons. The third kappa shape index (κ3) is 5.37. The van der Waals surface area contributed by atoms with Crippen molar-refractivity contribution in [2.24, 2.45) is 0 Å². The van der Waals surface area contributed by atoms with Gasteiger partial charge in [0.1, 0.15) is 5.82 Å². The van der Waals surface area contributed by atoms with Crippen LogP contribution in [0.2, 0.25) is 0 Å². The Morgan fingerprint density at radius 3 is 2.78 bits per heavy atom. The Morgan fingerprint density at radius 2 is 2.07 bits per heavy atom. The van der Waals surface area contributed by atoms with E-state index in [0.717, 1.165) is 17.5 Å². The lowest BCUT2D eigenvalue weighted by molar-refractivity contribution is -0.125. The predicted octanol–water partition coefficient (Wildman–Crippen LogP) is 3.64. The molecule has 0 aliphatic carbocycles. The molecule has 2 atom stereocenters. The van der Waals surface area contributed by atoms with Crippen LogP contribution in [0.3, 0.4) is 0 Å². The van der Waals surface area contributed by atoms with Gasteiger partial charge in [0.25, 0.3) is 0 Å². The Labute approximate surface area is 160 Å². The number of hydrogen-bond donors (Lipinski definition) is 1. The number of carbonyl (C=O) groups excluding carboxylic acids is 1. The van der Waals surface area contributed by atoms with Crippen LogP contribution in [0.1, 0.15) is 42.7 Å². The molecule has 0 aromatic heterocycles. The number of hydrogen-bond acceptors (Lipinski definition) is 3. The van der Waals surface area contributed by atoms with Gasteiger partial charge in [-0.1, -0.05) is 43.3 Å². The summed E-state index contributed by atoms with van der Waals surface area (Å²) in [5, 5.41) is 3.06. The van der Waals surface area contributed by atoms with E-state index < -0.39 is 0 Å². The highest BCUT2D eigenvalue weighted by molar-refractivity contribution is 5.78. The van der Waals surface area contributed by atoms with Crippen molar-refractivity contribution in [3.8, 4) is 0 Å². The molecular formula is C22H27FN2O2. The first-order valence-corrected chi connectivity index (χ1v) is 9.52. The van der Waals surface area contributed by atoms with Gasteiger partial charge < -0.3 is 10.1 Å². The van der Waals surface area contributed by atoms with Gasteiger partial charge in [0.2, 0.25) is 5.91 Å². The zero-order valence-electron chi connectivity index (χ0n) is 16.0. The summed E-state index contributed by atoms with van der Waals surface area (Å²) in [6.07, 6.45) is 0.797. The van der Waals surface area contributed by atoms with Gasteiger partial charge in [-0.05, 0) is 42.2 Å². The molecule has 1 aliphatic heterocycles. The number of nitrogens with one attached hydrogen (secondary N) is 1. The third-order valence-electron chi connectivity index (χ3n) is 5.00. The van der Waals surface area contributed by atoms with E-state index in [0.29, 0.717) is 26.2 Å². The minimum atomic E-state index is -0.270. The van der Waals surface area contributed by atoms with E-state index in [1.54, 1.807) is 6.07 Å². The lowest BCUT2D eigenvalue weighted by atomic mass is 10.0. The van der Waals surface area contributed by atoms with Crippen LogP contribution < -0.4 is 5.32 Å². The fourth-order valence-electron chi connectivity index (χ4n) is 3.37. The highest BCUT2D eigenvalue weighted by Crippen LogP contribution is 2.22. The molecule has 0 spiro atoms. The monoisotopic (exact) mass is 370 g/mol. The Hall–Kier alpha value is -2.24. The Kier molecular flexibility index (Phi) is 6.58. The highest BCUT2D eigenvalue weighted by Gasteiger charge is 2.24. The smallest absolute Gasteiger partial charge is 0.234 e. The standard InChI is InChI=1S/C22H27FN2O2/c1-3-17-7-9-18(10-8-17)16(2)24-22(26)15-25-11-12-27-21(14-25)19-5-4-6-20(23)13-19/h4-10,13,16,21H,3,11-12,14-15H2,1-2H3,(H,24,26). The first kappa shape index (κ1) is 19.5. The number of benzene rings is 2. The molecule has 1 heterocycles. The van der Waals surface area contributed by atoms with Crippen LogP contribution in [0.5, 0.6) is 0 Å². The van der Waals surface area contributed by atoms with E-state index in [1.807, 2.05) is 13.0 Å². The van der Waals surface area contributed by atoms with Crippen molar-refractivity contribution in [3.05, 3.63) is 71.0 Å². The van der Waals surface area contributed by atoms with Crippen LogP contribution in [-0.4, -0.2) is 37.0 Å². The number of rotatable bonds is 6. The normalized spacial score (nSPS) is 18.9. The summed E-state index contributed by atoms with van der Waals surface area (Å²) in [5.74, 6) is -0.282. The van der Waals surface area contributed by atoms with Crippen molar-refractivity contribution in [3.63, 3.8) is 0 Å². The van der Waals surface area contributed by atoms with E-state index >= 15 is 0 Å². The van der Waals surface area contributed by atoms with Crippen molar-refractivity contribution >= 4 is 5.91 Å². The lowest BCUT2D eigenvalue weighted by Crippen LogP contribution is -2.44. The van der Waals surface area contributed by atoms with E-state index in [2.05, 4.69) is 41.4 Å². The van der Waals surface area contributed by atoms with Crippen LogP contribution >= 0.6 is 0 Å². The summed E-state index contributed by atoms with van der Waals surface area (Å²) < 4.78 is 19.2. The lowest BCUT2D eigenvalue weighted by Gasteiger charge is -2.33. The van der Waals surface area contributed by atoms with Gasteiger partial charge in [0.15, 0.2) is 0 Å². The maximum absolute atomic E-state index is 13.4. The maximum Gasteiger partial charge on any atom is 0.234 e. The molecule has 1 saturated heterocycles. The minimum absolute atomic E-state index is 0.0121. The third-order valence-corrected chi connectivity index (χ3v) is 5.00. The zero-order valence-corrected chi connectivity index (χ0v) is 16.0. The SMILES string of the molecule is CCc1ccc(C(C)NC(=O)CN2CCOC(c3cccc(F)c3)C2)cc1. The fourth-order valence-corrected chi connectivity index (χ4v) is 3.37. The summed E-state index contributed by atoms with van der Waals surface area (Å²) in [6, 6.07) is 14.8. The quantitative estimate of drug-likeness (QED) is 0.844. The topological polar surface area (TPSA) is 41.6 Å². The molecule has 0 bridgehead atoms. The largest absolute Gasteiger partial charge is 0.371 e. The number of aryl methyl sites for hydroxylation is 1. The van der Waals surface area contributed by atoms with Crippen LogP contribution in [0.15, 0.2) is 48.5 Å². The minimum Gasteiger partial charge on any atom is -0.371 e. The molecule has 3 rings (SSSR count). The van der Waals surface area contributed by atoms with Crippen LogP contribution in [0, 0.1) is 5.82 Å². The summed E-state index contributed by atoms with van der Waals surface area (Å²) in [4.78, 5) is 14.5. The number of carbonyl (C=O) groups is 1. The maximum atomic E-state index is 13.4. The molecule has 2 aromatic rings. The van der Waals surface area contributed by atoms with E-state index in [9.17, 15) is 9.18 Å². The number of halogens is 1. The fraction of sp³-hybridized carbons (Fsp3) is 0.409. The summed E-state index contributed by atoms with van der Waals surface area (Å²) >= 11 is 0. The predicted molar refractivity (Wildman–Crippen MR) is 104 cm³/mol. The van der Waals surface area contributed by atoms with Crippen molar-refractivity contribution in [2.45, 2.75) is 32.4 Å². The van der Waals surface area contributed by atoms with Crippen LogP contribution in [0.25, 0.3) is 0 Å². The number of nitrogens with zero attached hydrogens (tertiary/aromatic N) is 1. The van der Waals surface area contributed by atoms with E-state index in [4.69, 9.17) is 4.74 Å². The van der Waals surface area contributed by atoms with Gasteiger partial charge in [-0.3, -0.25) is 9.69 Å². The molecule has 5 heteroatoms. The first-order valence-electron chi connectivity index (χ1n) is 9.52. The van der Waals surface area contributed by atoms with Gasteiger partial charge in [-0.15, -0.1) is 0 Å². The molecule has 1 aliphatic rings. The number of amides is 1. The Balaban J connectivity index is 1.53. The Morgan fingerprint density at radius 1 is 1.30 bits per heavy atom. The molecule has 1 N–H and O–H groups in total. The molecule has 4 nitrogen and oxygen atoms in total. The van der Waals surface area contributed by atoms with Crippen molar-refractivity contribution in [1.82, 2.24) is 10.2 Å². The molecule has 2 aromatic carbocycles. The highest BCUT2D eigenvalue weighted by atomic mass is 19.1. The van der Waals surface area contributed by atoms with Crippen molar-refractivity contribution in [1.29, 1.82) is 0 Å². The Bertz CT molecular complexity index is 763. The molecule has 1 amide bonds. The van der Waals surface area contributed by atoms with Crippen molar-refractivity contribution in [2.75, 3.05) is 26.2 Å². The van der Waals surface area contributed by atoms with Crippen LogP contribution in [-0.2, 0) is 16.0 Å². The molecule has 0 saturated carbocycles.